The number of hydrogen-bond acceptors (Lipinski definition) is 5. The number of anilines is 2. The number of aromatic nitrogens is 2. The summed E-state index contributed by atoms with van der Waals surface area (Å²) in [7, 11) is 0. The molecular formula is C10H17FN4O. The monoisotopic (exact) mass is 228 g/mol. The fraction of sp³-hybridized carbons (Fsp3) is 0.600. The van der Waals surface area contributed by atoms with Crippen molar-refractivity contribution >= 4 is 11.8 Å². The van der Waals surface area contributed by atoms with E-state index in [1.165, 1.54) is 0 Å². The van der Waals surface area contributed by atoms with E-state index in [0.717, 1.165) is 12.6 Å². The molecule has 0 bridgehead atoms. The molecule has 1 heterocycles. The summed E-state index contributed by atoms with van der Waals surface area (Å²) in [6.45, 7) is 2.71. The number of nitrogens with one attached hydrogen (secondary N) is 1. The minimum Gasteiger partial charge on any atom is -0.396 e. The van der Waals surface area contributed by atoms with E-state index >= 15 is 0 Å². The third-order valence-corrected chi connectivity index (χ3v) is 2.44. The summed E-state index contributed by atoms with van der Waals surface area (Å²) in [5.41, 5.74) is 5.36. The van der Waals surface area contributed by atoms with Crippen molar-refractivity contribution in [1.82, 2.24) is 9.97 Å². The molecule has 0 saturated heterocycles. The molecule has 16 heavy (non-hydrogen) atoms. The number of nitrogen functional groups attached to an aromatic ring is 1. The molecule has 1 aromatic heterocycles. The van der Waals surface area contributed by atoms with Gasteiger partial charge in [-0.2, -0.15) is 4.98 Å². The van der Waals surface area contributed by atoms with E-state index in [9.17, 15) is 4.39 Å². The molecule has 0 aromatic carbocycles. The van der Waals surface area contributed by atoms with Gasteiger partial charge in [0.1, 0.15) is 0 Å². The zero-order valence-electron chi connectivity index (χ0n) is 9.28. The van der Waals surface area contributed by atoms with E-state index in [1.54, 1.807) is 0 Å². The van der Waals surface area contributed by atoms with Crippen LogP contribution in [0.2, 0.25) is 0 Å². The Labute approximate surface area is 93.9 Å². The summed E-state index contributed by atoms with van der Waals surface area (Å²) >= 11 is 0. The molecule has 0 aliphatic carbocycles. The van der Waals surface area contributed by atoms with Gasteiger partial charge in [0.05, 0.1) is 6.20 Å². The topological polar surface area (TPSA) is 84.1 Å². The van der Waals surface area contributed by atoms with Gasteiger partial charge in [-0.25, -0.2) is 9.37 Å². The Morgan fingerprint density at radius 1 is 1.62 bits per heavy atom. The SMILES string of the molecule is CCC(CCO)CNc1nc(N)ncc1F. The fourth-order valence-electron chi connectivity index (χ4n) is 1.38. The largest absolute Gasteiger partial charge is 0.396 e. The van der Waals surface area contributed by atoms with Gasteiger partial charge in [0.2, 0.25) is 5.95 Å². The highest BCUT2D eigenvalue weighted by atomic mass is 19.1. The van der Waals surface area contributed by atoms with Crippen LogP contribution in [0.3, 0.4) is 0 Å². The molecular weight excluding hydrogens is 211 g/mol. The zero-order valence-corrected chi connectivity index (χ0v) is 9.28. The van der Waals surface area contributed by atoms with E-state index < -0.39 is 5.82 Å². The summed E-state index contributed by atoms with van der Waals surface area (Å²) in [6.07, 6.45) is 2.64. The Hall–Kier alpha value is -1.43. The van der Waals surface area contributed by atoms with Crippen molar-refractivity contribution < 1.29 is 9.50 Å². The molecule has 0 amide bonds. The first-order valence-corrected chi connectivity index (χ1v) is 5.30. The van der Waals surface area contributed by atoms with Crippen LogP contribution in [0.15, 0.2) is 6.20 Å². The second-order valence-electron chi connectivity index (χ2n) is 3.59. The summed E-state index contributed by atoms with van der Waals surface area (Å²) in [4.78, 5) is 7.29. The summed E-state index contributed by atoms with van der Waals surface area (Å²) in [6, 6.07) is 0. The quantitative estimate of drug-likeness (QED) is 0.677. The van der Waals surface area contributed by atoms with Crippen LogP contribution in [0.4, 0.5) is 16.2 Å². The van der Waals surface area contributed by atoms with E-state index in [4.69, 9.17) is 10.8 Å². The highest BCUT2D eigenvalue weighted by Gasteiger charge is 2.09. The smallest absolute Gasteiger partial charge is 0.222 e. The minimum absolute atomic E-state index is 0.0408. The van der Waals surface area contributed by atoms with Crippen LogP contribution in [-0.4, -0.2) is 28.2 Å². The van der Waals surface area contributed by atoms with Crippen molar-refractivity contribution in [3.05, 3.63) is 12.0 Å². The Bertz CT molecular complexity index is 335. The van der Waals surface area contributed by atoms with Crippen molar-refractivity contribution in [2.75, 3.05) is 24.2 Å². The molecule has 1 unspecified atom stereocenters. The third-order valence-electron chi connectivity index (χ3n) is 2.44. The highest BCUT2D eigenvalue weighted by Crippen LogP contribution is 2.13. The normalized spacial score (nSPS) is 12.4. The van der Waals surface area contributed by atoms with Gasteiger partial charge in [-0.15, -0.1) is 0 Å². The number of aliphatic hydroxyl groups is 1. The van der Waals surface area contributed by atoms with Gasteiger partial charge in [-0.3, -0.25) is 0 Å². The molecule has 6 heteroatoms. The van der Waals surface area contributed by atoms with Crippen molar-refractivity contribution in [3.63, 3.8) is 0 Å². The van der Waals surface area contributed by atoms with Gasteiger partial charge in [-0.05, 0) is 12.3 Å². The standard InChI is InChI=1S/C10H17FN4O/c1-2-7(3-4-16)5-13-9-8(11)6-14-10(12)15-9/h6-7,16H,2-5H2,1H3,(H3,12,13,14,15). The predicted octanol–water partition coefficient (Wildman–Crippen LogP) is 1.02. The van der Waals surface area contributed by atoms with Crippen LogP contribution in [0, 0.1) is 11.7 Å². The van der Waals surface area contributed by atoms with Crippen molar-refractivity contribution in [3.8, 4) is 0 Å². The van der Waals surface area contributed by atoms with Crippen LogP contribution in [0.1, 0.15) is 19.8 Å². The predicted molar refractivity (Wildman–Crippen MR) is 60.4 cm³/mol. The van der Waals surface area contributed by atoms with Crippen LogP contribution < -0.4 is 11.1 Å². The lowest BCUT2D eigenvalue weighted by molar-refractivity contribution is 0.258. The third kappa shape index (κ3) is 3.62. The number of aliphatic hydroxyl groups excluding tert-OH is 1. The molecule has 5 nitrogen and oxygen atoms in total. The molecule has 0 radical (unpaired) electrons. The van der Waals surface area contributed by atoms with E-state index in [0.29, 0.717) is 18.9 Å². The van der Waals surface area contributed by atoms with E-state index in [-0.39, 0.29) is 18.4 Å². The Morgan fingerprint density at radius 3 is 3.00 bits per heavy atom. The molecule has 0 aliphatic heterocycles. The van der Waals surface area contributed by atoms with Crippen LogP contribution in [-0.2, 0) is 0 Å². The Balaban J connectivity index is 2.55. The number of hydrogen-bond donors (Lipinski definition) is 3. The first-order valence-electron chi connectivity index (χ1n) is 5.30. The van der Waals surface area contributed by atoms with Crippen molar-refractivity contribution in [2.24, 2.45) is 5.92 Å². The second kappa shape index (κ2) is 6.22. The van der Waals surface area contributed by atoms with Gasteiger partial charge in [0.15, 0.2) is 11.6 Å². The second-order valence-corrected chi connectivity index (χ2v) is 3.59. The van der Waals surface area contributed by atoms with Crippen molar-refractivity contribution in [1.29, 1.82) is 0 Å². The molecule has 0 spiro atoms. The lowest BCUT2D eigenvalue weighted by atomic mass is 10.0. The van der Waals surface area contributed by atoms with Crippen LogP contribution >= 0.6 is 0 Å². The zero-order chi connectivity index (χ0) is 12.0. The maximum Gasteiger partial charge on any atom is 0.222 e. The Kier molecular flexibility index (Phi) is 4.91. The number of halogens is 1. The maximum absolute atomic E-state index is 13.2. The molecule has 1 atom stereocenters. The first kappa shape index (κ1) is 12.6. The van der Waals surface area contributed by atoms with Gasteiger partial charge < -0.3 is 16.2 Å². The van der Waals surface area contributed by atoms with Crippen LogP contribution in [0.5, 0.6) is 0 Å². The van der Waals surface area contributed by atoms with Crippen molar-refractivity contribution in [2.45, 2.75) is 19.8 Å². The lowest BCUT2D eigenvalue weighted by Gasteiger charge is -2.14. The molecule has 90 valence electrons. The molecule has 1 aromatic rings. The number of rotatable bonds is 6. The summed E-state index contributed by atoms with van der Waals surface area (Å²) in [5.74, 6) is -0.0726. The Morgan fingerprint density at radius 2 is 2.38 bits per heavy atom. The molecule has 0 fully saturated rings. The van der Waals surface area contributed by atoms with Crippen LogP contribution in [0.25, 0.3) is 0 Å². The highest BCUT2D eigenvalue weighted by molar-refractivity contribution is 5.39. The van der Waals surface area contributed by atoms with Gasteiger partial charge in [0, 0.05) is 13.2 Å². The molecule has 1 rings (SSSR count). The molecule has 0 aliphatic rings. The average molecular weight is 228 g/mol. The summed E-state index contributed by atoms with van der Waals surface area (Å²) < 4.78 is 13.2. The van der Waals surface area contributed by atoms with E-state index in [1.807, 2.05) is 6.92 Å². The maximum atomic E-state index is 13.2. The number of nitrogens with two attached hydrogens (primary N) is 1. The lowest BCUT2D eigenvalue weighted by Crippen LogP contribution is -2.17. The van der Waals surface area contributed by atoms with E-state index in [2.05, 4.69) is 15.3 Å². The van der Waals surface area contributed by atoms with Gasteiger partial charge in [0.25, 0.3) is 0 Å². The average Bonchev–Trinajstić information content (AvgIpc) is 2.28. The fourth-order valence-corrected chi connectivity index (χ4v) is 1.38. The number of nitrogens with zero attached hydrogens (tertiary/aromatic N) is 2. The summed E-state index contributed by atoms with van der Waals surface area (Å²) in [5, 5.41) is 11.7. The van der Waals surface area contributed by atoms with Gasteiger partial charge >= 0.3 is 0 Å². The first-order chi connectivity index (χ1) is 7.67. The minimum atomic E-state index is -0.520. The van der Waals surface area contributed by atoms with Gasteiger partial charge in [-0.1, -0.05) is 13.3 Å². The molecule has 4 N–H and O–H groups in total. The molecule has 0 saturated carbocycles.